The van der Waals surface area contributed by atoms with Crippen molar-refractivity contribution in [2.75, 3.05) is 11.9 Å². The van der Waals surface area contributed by atoms with Gasteiger partial charge in [0.05, 0.1) is 23.3 Å². The fourth-order valence-corrected chi connectivity index (χ4v) is 2.74. The molecule has 0 unspecified atom stereocenters. The van der Waals surface area contributed by atoms with Crippen molar-refractivity contribution < 1.29 is 14.3 Å². The van der Waals surface area contributed by atoms with Gasteiger partial charge in [0.15, 0.2) is 0 Å². The molecule has 0 radical (unpaired) electrons. The fraction of sp³-hybridized carbons (Fsp3) is 0.200. The maximum absolute atomic E-state index is 12.3. The lowest BCUT2D eigenvalue weighted by Gasteiger charge is -2.08. The standard InChI is InChI=1S/C20H20N4O3/c1-4-27-20(26)15-10-21-19-17(15)18(22-11-23-19)13-6-5-7-14(9-13)24-16(25)8-12(2)3/h5-11H,4H2,1-3H3,(H,24,25)(H,21,22,23). The highest BCUT2D eigenvalue weighted by Gasteiger charge is 2.19. The lowest BCUT2D eigenvalue weighted by atomic mass is 10.1. The average molecular weight is 364 g/mol. The molecule has 0 saturated heterocycles. The number of carbonyl (C=O) groups excluding carboxylic acids is 2. The lowest BCUT2D eigenvalue weighted by Crippen LogP contribution is -2.08. The first-order valence-electron chi connectivity index (χ1n) is 8.55. The predicted octanol–water partition coefficient (Wildman–Crippen LogP) is 3.71. The number of hydrogen-bond acceptors (Lipinski definition) is 5. The molecule has 7 heteroatoms. The summed E-state index contributed by atoms with van der Waals surface area (Å²) in [5.41, 5.74) is 3.80. The molecule has 0 aliphatic rings. The van der Waals surface area contributed by atoms with Crippen LogP contribution in [0.3, 0.4) is 0 Å². The minimum absolute atomic E-state index is 0.200. The number of rotatable bonds is 5. The van der Waals surface area contributed by atoms with Gasteiger partial charge in [-0.3, -0.25) is 4.79 Å². The third-order valence-corrected chi connectivity index (χ3v) is 3.79. The third kappa shape index (κ3) is 4.03. The molecular weight excluding hydrogens is 344 g/mol. The Balaban J connectivity index is 2.04. The van der Waals surface area contributed by atoms with Crippen LogP contribution in [0.2, 0.25) is 0 Å². The molecule has 0 aliphatic heterocycles. The summed E-state index contributed by atoms with van der Waals surface area (Å²) in [6.07, 6.45) is 4.53. The Morgan fingerprint density at radius 2 is 2.07 bits per heavy atom. The molecule has 2 heterocycles. The zero-order chi connectivity index (χ0) is 19.4. The van der Waals surface area contributed by atoms with Gasteiger partial charge in [0.25, 0.3) is 0 Å². The number of hydrogen-bond donors (Lipinski definition) is 2. The first-order chi connectivity index (χ1) is 13.0. The van der Waals surface area contributed by atoms with Crippen molar-refractivity contribution in [1.82, 2.24) is 15.0 Å². The molecule has 3 aromatic rings. The zero-order valence-corrected chi connectivity index (χ0v) is 15.4. The number of fused-ring (bicyclic) bond motifs is 1. The van der Waals surface area contributed by atoms with Gasteiger partial charge in [-0.1, -0.05) is 17.7 Å². The first-order valence-corrected chi connectivity index (χ1v) is 8.55. The number of nitrogens with one attached hydrogen (secondary N) is 2. The second kappa shape index (κ2) is 7.82. The summed E-state index contributed by atoms with van der Waals surface area (Å²) in [4.78, 5) is 35.8. The van der Waals surface area contributed by atoms with Crippen LogP contribution in [-0.2, 0) is 9.53 Å². The Morgan fingerprint density at radius 1 is 1.26 bits per heavy atom. The molecule has 0 atom stereocenters. The van der Waals surface area contributed by atoms with Gasteiger partial charge in [0.2, 0.25) is 5.91 Å². The van der Waals surface area contributed by atoms with Crippen LogP contribution in [0.15, 0.2) is 48.4 Å². The molecule has 0 spiro atoms. The molecular formula is C20H20N4O3. The highest BCUT2D eigenvalue weighted by Crippen LogP contribution is 2.30. The number of benzene rings is 1. The van der Waals surface area contributed by atoms with Gasteiger partial charge in [-0.2, -0.15) is 0 Å². The van der Waals surface area contributed by atoms with Crippen LogP contribution in [0, 0.1) is 0 Å². The third-order valence-electron chi connectivity index (χ3n) is 3.79. The number of nitrogens with zero attached hydrogens (tertiary/aromatic N) is 2. The molecule has 138 valence electrons. The normalized spacial score (nSPS) is 10.5. The van der Waals surface area contributed by atoms with Crippen molar-refractivity contribution in [3.05, 3.63) is 54.0 Å². The van der Waals surface area contributed by atoms with Crippen LogP contribution in [0.4, 0.5) is 5.69 Å². The Hall–Kier alpha value is -3.48. The zero-order valence-electron chi connectivity index (χ0n) is 15.4. The van der Waals surface area contributed by atoms with Gasteiger partial charge in [0.1, 0.15) is 12.0 Å². The van der Waals surface area contributed by atoms with Gasteiger partial charge in [-0.15, -0.1) is 0 Å². The molecule has 27 heavy (non-hydrogen) atoms. The second-order valence-corrected chi connectivity index (χ2v) is 6.16. The average Bonchev–Trinajstić information content (AvgIpc) is 3.05. The highest BCUT2D eigenvalue weighted by molar-refractivity contribution is 6.08. The number of allylic oxidation sites excluding steroid dienone is 1. The Labute approximate surface area is 156 Å². The van der Waals surface area contributed by atoms with Crippen molar-refractivity contribution in [2.45, 2.75) is 20.8 Å². The van der Waals surface area contributed by atoms with Gasteiger partial charge < -0.3 is 15.0 Å². The van der Waals surface area contributed by atoms with Crippen molar-refractivity contribution >= 4 is 28.6 Å². The SMILES string of the molecule is CCOC(=O)c1c[nH]c2ncnc(-c3cccc(NC(=O)C=C(C)C)c3)c12. The van der Waals surface area contributed by atoms with E-state index in [1.807, 2.05) is 26.0 Å². The number of esters is 1. The molecule has 2 aromatic heterocycles. The van der Waals surface area contributed by atoms with E-state index in [1.165, 1.54) is 12.4 Å². The maximum Gasteiger partial charge on any atom is 0.340 e. The van der Waals surface area contributed by atoms with E-state index in [2.05, 4.69) is 20.3 Å². The monoisotopic (exact) mass is 364 g/mol. The van der Waals surface area contributed by atoms with Crippen LogP contribution in [0.1, 0.15) is 31.1 Å². The number of ether oxygens (including phenoxy) is 1. The minimum atomic E-state index is -0.437. The molecule has 0 saturated carbocycles. The van der Waals surface area contributed by atoms with Crippen LogP contribution < -0.4 is 5.32 Å². The van der Waals surface area contributed by atoms with Crippen molar-refractivity contribution in [2.24, 2.45) is 0 Å². The van der Waals surface area contributed by atoms with Crippen molar-refractivity contribution in [1.29, 1.82) is 0 Å². The number of anilines is 1. The largest absolute Gasteiger partial charge is 0.462 e. The Bertz CT molecular complexity index is 1030. The summed E-state index contributed by atoms with van der Waals surface area (Å²) in [6.45, 7) is 5.75. The second-order valence-electron chi connectivity index (χ2n) is 6.16. The van der Waals surface area contributed by atoms with Crippen molar-refractivity contribution in [3.63, 3.8) is 0 Å². The molecule has 7 nitrogen and oxygen atoms in total. The van der Waals surface area contributed by atoms with Crippen LogP contribution in [0.5, 0.6) is 0 Å². The van der Waals surface area contributed by atoms with Crippen LogP contribution >= 0.6 is 0 Å². The Kier molecular flexibility index (Phi) is 5.30. The van der Waals surface area contributed by atoms with E-state index in [4.69, 9.17) is 4.74 Å². The summed E-state index contributed by atoms with van der Waals surface area (Å²) in [5, 5.41) is 3.41. The first kappa shape index (κ1) is 18.3. The number of H-pyrrole nitrogens is 1. The Morgan fingerprint density at radius 3 is 2.81 bits per heavy atom. The number of carbonyl (C=O) groups is 2. The van der Waals surface area contributed by atoms with E-state index in [-0.39, 0.29) is 12.5 Å². The number of amides is 1. The quantitative estimate of drug-likeness (QED) is 0.531. The number of aromatic nitrogens is 3. The summed E-state index contributed by atoms with van der Waals surface area (Å²) in [5.74, 6) is -0.637. The summed E-state index contributed by atoms with van der Waals surface area (Å²) in [6, 6.07) is 7.28. The van der Waals surface area contributed by atoms with E-state index < -0.39 is 5.97 Å². The number of aromatic amines is 1. The molecule has 3 rings (SSSR count). The maximum atomic E-state index is 12.3. The smallest absolute Gasteiger partial charge is 0.340 e. The summed E-state index contributed by atoms with van der Waals surface area (Å²) >= 11 is 0. The van der Waals surface area contributed by atoms with Crippen LogP contribution in [-0.4, -0.2) is 33.4 Å². The van der Waals surface area contributed by atoms with Crippen molar-refractivity contribution in [3.8, 4) is 11.3 Å². The topological polar surface area (TPSA) is 97.0 Å². The molecule has 0 aliphatic carbocycles. The summed E-state index contributed by atoms with van der Waals surface area (Å²) < 4.78 is 5.12. The van der Waals surface area contributed by atoms with Gasteiger partial charge >= 0.3 is 5.97 Å². The molecule has 0 bridgehead atoms. The fourth-order valence-electron chi connectivity index (χ4n) is 2.74. The highest BCUT2D eigenvalue weighted by atomic mass is 16.5. The minimum Gasteiger partial charge on any atom is -0.462 e. The van der Waals surface area contributed by atoms with E-state index in [1.54, 1.807) is 25.3 Å². The lowest BCUT2D eigenvalue weighted by molar-refractivity contribution is -0.111. The molecule has 1 aromatic carbocycles. The van der Waals surface area contributed by atoms with E-state index in [9.17, 15) is 9.59 Å². The van der Waals surface area contributed by atoms with E-state index in [0.717, 1.165) is 11.1 Å². The van der Waals surface area contributed by atoms with Crippen LogP contribution in [0.25, 0.3) is 22.3 Å². The van der Waals surface area contributed by atoms with E-state index >= 15 is 0 Å². The van der Waals surface area contributed by atoms with Gasteiger partial charge in [-0.05, 0) is 32.9 Å². The van der Waals surface area contributed by atoms with Gasteiger partial charge in [-0.25, -0.2) is 14.8 Å². The summed E-state index contributed by atoms with van der Waals surface area (Å²) in [7, 11) is 0. The molecule has 1 amide bonds. The predicted molar refractivity (Wildman–Crippen MR) is 103 cm³/mol. The van der Waals surface area contributed by atoms with E-state index in [0.29, 0.717) is 28.0 Å². The molecule has 2 N–H and O–H groups in total. The molecule has 0 fully saturated rings. The van der Waals surface area contributed by atoms with Gasteiger partial charge in [0, 0.05) is 23.5 Å².